The van der Waals surface area contributed by atoms with Crippen molar-refractivity contribution in [2.45, 2.75) is 56.7 Å². The van der Waals surface area contributed by atoms with Gasteiger partial charge in [0.05, 0.1) is 24.6 Å². The predicted molar refractivity (Wildman–Crippen MR) is 149 cm³/mol. The molecule has 2 aromatic rings. The van der Waals surface area contributed by atoms with Crippen LogP contribution in [-0.2, 0) is 19.9 Å². The van der Waals surface area contributed by atoms with Crippen molar-refractivity contribution in [2.24, 2.45) is 11.7 Å². The molecule has 2 saturated heterocycles. The molecule has 0 aromatic heterocycles. The Morgan fingerprint density at radius 1 is 1.23 bits per heavy atom. The number of allylic oxidation sites excluding steroid dienone is 1. The van der Waals surface area contributed by atoms with Crippen LogP contribution < -0.4 is 15.8 Å². The van der Waals surface area contributed by atoms with E-state index in [0.717, 1.165) is 48.3 Å². The van der Waals surface area contributed by atoms with Gasteiger partial charge in [-0.2, -0.15) is 0 Å². The van der Waals surface area contributed by atoms with E-state index in [-0.39, 0.29) is 11.8 Å². The van der Waals surface area contributed by atoms with E-state index in [2.05, 4.69) is 5.32 Å². The lowest BCUT2D eigenvalue weighted by molar-refractivity contribution is -0.136. The SMILES string of the molecule is COC(=O)NCCC[C@]1(c2cccc(Cl)c2Oc2ccccc2C)O[C@@]12CCCN(C(=O)[C@H]1C=C(N)CC1)C2. The standard InChI is InChI=1S/C30H36ClN3O5/c1-20-8-3-4-11-25(20)38-26-23(9-5-10-24(26)31)30(15-6-16-33-28(36)37-2)29(39-30)14-7-17-34(19-29)27(35)21-12-13-22(32)18-21/h3-5,8-11,18,21H,6-7,12-17,19,32H2,1-2H3,(H,33,36)/t21-,29-,30-/m1/s1. The van der Waals surface area contributed by atoms with Gasteiger partial charge in [0, 0.05) is 24.4 Å². The molecular weight excluding hydrogens is 518 g/mol. The molecule has 2 amide bonds. The minimum Gasteiger partial charge on any atom is -0.455 e. The minimum absolute atomic E-state index is 0.105. The van der Waals surface area contributed by atoms with Gasteiger partial charge in [0.1, 0.15) is 17.0 Å². The van der Waals surface area contributed by atoms with Gasteiger partial charge < -0.3 is 30.2 Å². The van der Waals surface area contributed by atoms with E-state index >= 15 is 0 Å². The van der Waals surface area contributed by atoms with Crippen LogP contribution in [0.2, 0.25) is 5.02 Å². The Kier molecular flexibility index (Phi) is 7.78. The molecule has 5 rings (SSSR count). The summed E-state index contributed by atoms with van der Waals surface area (Å²) >= 11 is 6.76. The van der Waals surface area contributed by atoms with Crippen molar-refractivity contribution < 1.29 is 23.8 Å². The van der Waals surface area contributed by atoms with Gasteiger partial charge in [0.25, 0.3) is 0 Å². The Labute approximate surface area is 234 Å². The number of epoxide rings is 1. The van der Waals surface area contributed by atoms with Crippen LogP contribution in [0.1, 0.15) is 49.7 Å². The number of alkyl carbamates (subject to hydrolysis) is 1. The van der Waals surface area contributed by atoms with Crippen LogP contribution >= 0.6 is 11.6 Å². The second-order valence-electron chi connectivity index (χ2n) is 10.7. The van der Waals surface area contributed by atoms with Crippen molar-refractivity contribution in [3.05, 3.63) is 70.4 Å². The summed E-state index contributed by atoms with van der Waals surface area (Å²) in [6, 6.07) is 13.5. The Balaban J connectivity index is 1.46. The van der Waals surface area contributed by atoms with Crippen molar-refractivity contribution in [3.63, 3.8) is 0 Å². The van der Waals surface area contributed by atoms with Crippen molar-refractivity contribution in [1.82, 2.24) is 10.2 Å². The first-order chi connectivity index (χ1) is 18.8. The molecule has 2 heterocycles. The van der Waals surface area contributed by atoms with E-state index < -0.39 is 17.3 Å². The molecule has 3 atom stereocenters. The zero-order valence-corrected chi connectivity index (χ0v) is 23.3. The number of amides is 2. The molecule has 0 radical (unpaired) electrons. The molecule has 1 aliphatic carbocycles. The molecule has 2 aromatic carbocycles. The highest BCUT2D eigenvalue weighted by Gasteiger charge is 2.72. The average molecular weight is 554 g/mol. The van der Waals surface area contributed by atoms with Crippen LogP contribution in [0.25, 0.3) is 0 Å². The number of hydrogen-bond donors (Lipinski definition) is 2. The first kappa shape index (κ1) is 27.3. The Hall–Kier alpha value is -3.23. The maximum Gasteiger partial charge on any atom is 0.406 e. The van der Waals surface area contributed by atoms with E-state index in [1.54, 1.807) is 0 Å². The van der Waals surface area contributed by atoms with E-state index in [0.29, 0.717) is 43.2 Å². The summed E-state index contributed by atoms with van der Waals surface area (Å²) in [4.78, 5) is 27.0. The number of ether oxygens (including phenoxy) is 3. The Morgan fingerprint density at radius 3 is 2.79 bits per heavy atom. The molecule has 8 nitrogen and oxygen atoms in total. The number of nitrogens with one attached hydrogen (secondary N) is 1. The fraction of sp³-hybridized carbons (Fsp3) is 0.467. The smallest absolute Gasteiger partial charge is 0.406 e. The number of para-hydroxylation sites is 2. The van der Waals surface area contributed by atoms with Gasteiger partial charge in [-0.1, -0.05) is 48.0 Å². The molecule has 0 saturated carbocycles. The number of carbonyl (C=O) groups is 2. The van der Waals surface area contributed by atoms with E-state index in [1.807, 2.05) is 60.4 Å². The second kappa shape index (κ2) is 11.1. The average Bonchev–Trinajstić information content (AvgIpc) is 3.30. The van der Waals surface area contributed by atoms with Gasteiger partial charge in [-0.05, 0) is 63.1 Å². The molecule has 2 aliphatic heterocycles. The number of nitrogens with two attached hydrogens (primary N) is 1. The van der Waals surface area contributed by atoms with Crippen LogP contribution in [0.15, 0.2) is 54.2 Å². The summed E-state index contributed by atoms with van der Waals surface area (Å²) in [5.41, 5.74) is 7.31. The first-order valence-electron chi connectivity index (χ1n) is 13.6. The van der Waals surface area contributed by atoms with Crippen LogP contribution in [0.5, 0.6) is 11.5 Å². The maximum atomic E-state index is 13.4. The molecule has 3 aliphatic rings. The monoisotopic (exact) mass is 553 g/mol. The lowest BCUT2D eigenvalue weighted by atomic mass is 9.77. The zero-order chi connectivity index (χ0) is 27.6. The summed E-state index contributed by atoms with van der Waals surface area (Å²) in [5, 5.41) is 3.25. The number of hydrogen-bond acceptors (Lipinski definition) is 6. The quantitative estimate of drug-likeness (QED) is 0.334. The highest BCUT2D eigenvalue weighted by atomic mass is 35.5. The summed E-state index contributed by atoms with van der Waals surface area (Å²) in [7, 11) is 1.34. The number of nitrogens with zero attached hydrogens (tertiary/aromatic N) is 1. The molecule has 0 bridgehead atoms. The maximum absolute atomic E-state index is 13.4. The second-order valence-corrected chi connectivity index (χ2v) is 11.1. The third-order valence-electron chi connectivity index (χ3n) is 8.18. The minimum atomic E-state index is -0.725. The van der Waals surface area contributed by atoms with Crippen molar-refractivity contribution >= 4 is 23.6 Å². The molecule has 39 heavy (non-hydrogen) atoms. The van der Waals surface area contributed by atoms with Gasteiger partial charge in [-0.3, -0.25) is 4.79 Å². The van der Waals surface area contributed by atoms with Crippen molar-refractivity contribution in [1.29, 1.82) is 0 Å². The topological polar surface area (TPSA) is 106 Å². The highest BCUT2D eigenvalue weighted by molar-refractivity contribution is 6.32. The molecule has 208 valence electrons. The molecule has 0 unspecified atom stereocenters. The van der Waals surface area contributed by atoms with Gasteiger partial charge >= 0.3 is 6.09 Å². The molecule has 9 heteroatoms. The largest absolute Gasteiger partial charge is 0.455 e. The highest BCUT2D eigenvalue weighted by Crippen LogP contribution is 2.64. The number of piperidine rings is 1. The normalized spacial score (nSPS) is 25.8. The number of aryl methyl sites for hydroxylation is 1. The Bertz CT molecular complexity index is 1280. The zero-order valence-electron chi connectivity index (χ0n) is 22.5. The van der Waals surface area contributed by atoms with Gasteiger partial charge in [0.2, 0.25) is 5.91 Å². The molecule has 3 N–H and O–H groups in total. The predicted octanol–water partition coefficient (Wildman–Crippen LogP) is 5.42. The lowest BCUT2D eigenvalue weighted by Crippen LogP contribution is -2.48. The summed E-state index contributed by atoms with van der Waals surface area (Å²) in [5.74, 6) is 1.20. The fourth-order valence-corrected chi connectivity index (χ4v) is 6.35. The van der Waals surface area contributed by atoms with Crippen molar-refractivity contribution in [3.8, 4) is 11.5 Å². The van der Waals surface area contributed by atoms with Gasteiger partial charge in [-0.15, -0.1) is 0 Å². The van der Waals surface area contributed by atoms with Gasteiger partial charge in [0.15, 0.2) is 5.75 Å². The molecule has 2 fully saturated rings. The van der Waals surface area contributed by atoms with Crippen LogP contribution in [0.4, 0.5) is 4.79 Å². The number of rotatable bonds is 8. The van der Waals surface area contributed by atoms with E-state index in [1.165, 1.54) is 7.11 Å². The van der Waals surface area contributed by atoms with Crippen LogP contribution in [-0.4, -0.2) is 49.2 Å². The van der Waals surface area contributed by atoms with E-state index in [9.17, 15) is 9.59 Å². The van der Waals surface area contributed by atoms with E-state index in [4.69, 9.17) is 31.5 Å². The van der Waals surface area contributed by atoms with Crippen LogP contribution in [0.3, 0.4) is 0 Å². The summed E-state index contributed by atoms with van der Waals surface area (Å²) in [6.07, 6.45) is 5.82. The van der Waals surface area contributed by atoms with Crippen LogP contribution in [0, 0.1) is 12.8 Å². The van der Waals surface area contributed by atoms with Gasteiger partial charge in [-0.25, -0.2) is 4.79 Å². The summed E-state index contributed by atoms with van der Waals surface area (Å²) < 4.78 is 17.9. The first-order valence-corrected chi connectivity index (χ1v) is 14.0. The molecular formula is C30H36ClN3O5. The third kappa shape index (κ3) is 5.32. The number of benzene rings is 2. The molecule has 1 spiro atoms. The van der Waals surface area contributed by atoms with Crippen molar-refractivity contribution in [2.75, 3.05) is 26.7 Å². The Morgan fingerprint density at radius 2 is 2.05 bits per heavy atom. The fourth-order valence-electron chi connectivity index (χ4n) is 6.13. The number of likely N-dealkylation sites (tertiary alicyclic amines) is 1. The third-order valence-corrected chi connectivity index (χ3v) is 8.47. The number of halogens is 1. The summed E-state index contributed by atoms with van der Waals surface area (Å²) in [6.45, 7) is 3.59. The number of carbonyl (C=O) groups excluding carboxylic acids is 2. The lowest BCUT2D eigenvalue weighted by Gasteiger charge is -2.35. The number of methoxy groups -OCH3 is 1.